The van der Waals surface area contributed by atoms with E-state index in [1.54, 1.807) is 11.9 Å². The molecular formula is C19H29N3O2. The van der Waals surface area contributed by atoms with Gasteiger partial charge in [0.25, 0.3) is 0 Å². The minimum Gasteiger partial charge on any atom is -0.352 e. The van der Waals surface area contributed by atoms with E-state index in [9.17, 15) is 9.59 Å². The van der Waals surface area contributed by atoms with Crippen molar-refractivity contribution in [2.75, 3.05) is 25.5 Å². The summed E-state index contributed by atoms with van der Waals surface area (Å²) in [7, 11) is 1.80. The van der Waals surface area contributed by atoms with Crippen LogP contribution in [0.2, 0.25) is 0 Å². The summed E-state index contributed by atoms with van der Waals surface area (Å²) in [6, 6.07) is 8.11. The van der Waals surface area contributed by atoms with Gasteiger partial charge in [0.1, 0.15) is 0 Å². The van der Waals surface area contributed by atoms with Gasteiger partial charge in [-0.15, -0.1) is 0 Å². The van der Waals surface area contributed by atoms with E-state index >= 15 is 0 Å². The van der Waals surface area contributed by atoms with Gasteiger partial charge in [0.05, 0.1) is 13.1 Å². The molecule has 0 saturated heterocycles. The van der Waals surface area contributed by atoms with E-state index in [1.165, 1.54) is 19.3 Å². The maximum atomic E-state index is 12.2. The minimum atomic E-state index is -0.0936. The van der Waals surface area contributed by atoms with E-state index in [0.29, 0.717) is 6.04 Å². The van der Waals surface area contributed by atoms with Gasteiger partial charge in [-0.05, 0) is 37.9 Å². The van der Waals surface area contributed by atoms with Crippen LogP contribution in [0.5, 0.6) is 0 Å². The van der Waals surface area contributed by atoms with E-state index in [2.05, 4.69) is 17.6 Å². The third-order valence-corrected chi connectivity index (χ3v) is 4.47. The van der Waals surface area contributed by atoms with Crippen LogP contribution in [0.3, 0.4) is 0 Å². The van der Waals surface area contributed by atoms with Gasteiger partial charge in [-0.2, -0.15) is 0 Å². The van der Waals surface area contributed by atoms with Crippen molar-refractivity contribution in [2.45, 2.75) is 51.5 Å². The second-order valence-corrected chi connectivity index (χ2v) is 6.63. The lowest BCUT2D eigenvalue weighted by atomic mass is 9.95. The molecule has 0 unspecified atom stereocenters. The Labute approximate surface area is 144 Å². The lowest BCUT2D eigenvalue weighted by Crippen LogP contribution is -2.43. The van der Waals surface area contributed by atoms with Crippen molar-refractivity contribution in [2.24, 2.45) is 0 Å². The van der Waals surface area contributed by atoms with Crippen LogP contribution in [-0.4, -0.2) is 42.9 Å². The number of hydrogen-bond acceptors (Lipinski definition) is 3. The molecule has 2 amide bonds. The Kier molecular flexibility index (Phi) is 7.25. The molecule has 2 rings (SSSR count). The van der Waals surface area contributed by atoms with Crippen LogP contribution in [0.4, 0.5) is 5.69 Å². The van der Waals surface area contributed by atoms with Gasteiger partial charge < -0.3 is 10.6 Å². The number of hydrogen-bond donors (Lipinski definition) is 2. The number of carbonyl (C=O) groups is 2. The summed E-state index contributed by atoms with van der Waals surface area (Å²) in [5, 5.41) is 6.01. The molecule has 0 heterocycles. The van der Waals surface area contributed by atoms with Gasteiger partial charge in [0.15, 0.2) is 0 Å². The zero-order chi connectivity index (χ0) is 17.4. The molecule has 5 heteroatoms. The van der Waals surface area contributed by atoms with Crippen LogP contribution in [0.15, 0.2) is 24.3 Å². The Bertz CT molecular complexity index is 553. The van der Waals surface area contributed by atoms with Gasteiger partial charge in [-0.25, -0.2) is 0 Å². The fourth-order valence-corrected chi connectivity index (χ4v) is 3.21. The highest BCUT2D eigenvalue weighted by Crippen LogP contribution is 2.17. The first kappa shape index (κ1) is 18.5. The first-order valence-corrected chi connectivity index (χ1v) is 8.94. The van der Waals surface area contributed by atoms with Crippen molar-refractivity contribution in [1.82, 2.24) is 10.2 Å². The van der Waals surface area contributed by atoms with Crippen LogP contribution in [0.25, 0.3) is 0 Å². The maximum absolute atomic E-state index is 12.2. The molecule has 0 spiro atoms. The third-order valence-electron chi connectivity index (χ3n) is 4.47. The Hall–Kier alpha value is -1.88. The predicted octanol–water partition coefficient (Wildman–Crippen LogP) is 2.57. The first-order chi connectivity index (χ1) is 11.6. The van der Waals surface area contributed by atoms with Gasteiger partial charge in [-0.1, -0.05) is 44.4 Å². The normalized spacial score (nSPS) is 15.3. The van der Waals surface area contributed by atoms with Crippen molar-refractivity contribution in [3.05, 3.63) is 29.8 Å². The number of amides is 2. The largest absolute Gasteiger partial charge is 0.352 e. The SMILES string of the molecule is CCc1ccccc1NC(=O)CN(C)CC(=O)NC1CCCCC1. The van der Waals surface area contributed by atoms with Crippen LogP contribution in [0, 0.1) is 0 Å². The molecule has 0 aliphatic heterocycles. The number of nitrogens with zero attached hydrogens (tertiary/aromatic N) is 1. The molecule has 1 fully saturated rings. The Morgan fingerprint density at radius 1 is 1.08 bits per heavy atom. The van der Waals surface area contributed by atoms with Crippen molar-refractivity contribution < 1.29 is 9.59 Å². The molecule has 132 valence electrons. The van der Waals surface area contributed by atoms with Crippen LogP contribution in [-0.2, 0) is 16.0 Å². The summed E-state index contributed by atoms with van der Waals surface area (Å²) in [5.41, 5.74) is 1.97. The lowest BCUT2D eigenvalue weighted by molar-refractivity contribution is -0.123. The van der Waals surface area contributed by atoms with Gasteiger partial charge in [-0.3, -0.25) is 14.5 Å². The van der Waals surface area contributed by atoms with E-state index in [1.807, 2.05) is 24.3 Å². The molecule has 0 bridgehead atoms. The molecule has 0 radical (unpaired) electrons. The van der Waals surface area contributed by atoms with E-state index in [4.69, 9.17) is 0 Å². The van der Waals surface area contributed by atoms with Gasteiger partial charge in [0, 0.05) is 11.7 Å². The fraction of sp³-hybridized carbons (Fsp3) is 0.579. The van der Waals surface area contributed by atoms with Gasteiger partial charge in [0.2, 0.25) is 11.8 Å². The fourth-order valence-electron chi connectivity index (χ4n) is 3.21. The van der Waals surface area contributed by atoms with Gasteiger partial charge >= 0.3 is 0 Å². The zero-order valence-electron chi connectivity index (χ0n) is 14.8. The van der Waals surface area contributed by atoms with Crippen molar-refractivity contribution in [3.8, 4) is 0 Å². The van der Waals surface area contributed by atoms with Crippen molar-refractivity contribution >= 4 is 17.5 Å². The molecule has 2 N–H and O–H groups in total. The number of benzene rings is 1. The van der Waals surface area contributed by atoms with E-state index < -0.39 is 0 Å². The number of anilines is 1. The summed E-state index contributed by atoms with van der Waals surface area (Å²) < 4.78 is 0. The molecule has 1 aliphatic rings. The molecule has 1 aromatic carbocycles. The molecule has 1 saturated carbocycles. The van der Waals surface area contributed by atoms with E-state index in [0.717, 1.165) is 30.5 Å². The summed E-state index contributed by atoms with van der Waals surface area (Å²) >= 11 is 0. The molecular weight excluding hydrogens is 302 g/mol. The summed E-state index contributed by atoms with van der Waals surface area (Å²) in [5.74, 6) is -0.0879. The number of rotatable bonds is 7. The highest BCUT2D eigenvalue weighted by Gasteiger charge is 2.17. The zero-order valence-corrected chi connectivity index (χ0v) is 14.8. The number of likely N-dealkylation sites (N-methyl/N-ethyl adjacent to an activating group) is 1. The quantitative estimate of drug-likeness (QED) is 0.807. The molecule has 0 atom stereocenters. The van der Waals surface area contributed by atoms with Crippen LogP contribution >= 0.6 is 0 Å². The predicted molar refractivity (Wildman–Crippen MR) is 97.0 cm³/mol. The third kappa shape index (κ3) is 5.96. The van der Waals surface area contributed by atoms with Crippen molar-refractivity contribution in [3.63, 3.8) is 0 Å². The number of nitrogens with one attached hydrogen (secondary N) is 2. The number of carbonyl (C=O) groups excluding carboxylic acids is 2. The molecule has 24 heavy (non-hydrogen) atoms. The first-order valence-electron chi connectivity index (χ1n) is 8.94. The highest BCUT2D eigenvalue weighted by molar-refractivity contribution is 5.93. The second kappa shape index (κ2) is 9.42. The monoisotopic (exact) mass is 331 g/mol. The summed E-state index contributed by atoms with van der Waals surface area (Å²) in [4.78, 5) is 26.0. The molecule has 5 nitrogen and oxygen atoms in total. The number of para-hydroxylation sites is 1. The molecule has 1 aliphatic carbocycles. The summed E-state index contributed by atoms with van der Waals surface area (Å²) in [6.07, 6.45) is 6.68. The maximum Gasteiger partial charge on any atom is 0.238 e. The topological polar surface area (TPSA) is 61.4 Å². The average molecular weight is 331 g/mol. The lowest BCUT2D eigenvalue weighted by Gasteiger charge is -2.24. The smallest absolute Gasteiger partial charge is 0.238 e. The number of aryl methyl sites for hydroxylation is 1. The minimum absolute atomic E-state index is 0.00570. The average Bonchev–Trinajstić information content (AvgIpc) is 2.55. The van der Waals surface area contributed by atoms with E-state index in [-0.39, 0.29) is 24.9 Å². The Morgan fingerprint density at radius 2 is 1.75 bits per heavy atom. The standard InChI is InChI=1S/C19H29N3O2/c1-3-15-9-7-8-12-17(15)21-19(24)14-22(2)13-18(23)20-16-10-5-4-6-11-16/h7-9,12,16H,3-6,10-11,13-14H2,1-2H3,(H,20,23)(H,21,24). The summed E-state index contributed by atoms with van der Waals surface area (Å²) in [6.45, 7) is 2.52. The molecule has 0 aromatic heterocycles. The van der Waals surface area contributed by atoms with Crippen LogP contribution < -0.4 is 10.6 Å². The van der Waals surface area contributed by atoms with Crippen LogP contribution in [0.1, 0.15) is 44.6 Å². The molecule has 1 aromatic rings. The second-order valence-electron chi connectivity index (χ2n) is 6.63. The Balaban J connectivity index is 1.75. The Morgan fingerprint density at radius 3 is 2.46 bits per heavy atom. The van der Waals surface area contributed by atoms with Crippen molar-refractivity contribution in [1.29, 1.82) is 0 Å². The highest BCUT2D eigenvalue weighted by atomic mass is 16.2.